The van der Waals surface area contributed by atoms with Crippen LogP contribution in [0.25, 0.3) is 11.9 Å². The van der Waals surface area contributed by atoms with Gasteiger partial charge >= 0.3 is 0 Å². The highest BCUT2D eigenvalue weighted by Crippen LogP contribution is 2.16. The first-order valence-electron chi connectivity index (χ1n) is 9.27. The van der Waals surface area contributed by atoms with Crippen LogP contribution in [0.3, 0.4) is 0 Å². The van der Waals surface area contributed by atoms with Gasteiger partial charge in [0.25, 0.3) is 0 Å². The summed E-state index contributed by atoms with van der Waals surface area (Å²) in [5.74, 6) is 1.11. The molecule has 0 fully saturated rings. The van der Waals surface area contributed by atoms with E-state index in [-0.39, 0.29) is 5.91 Å². The molecule has 7 nitrogen and oxygen atoms in total. The van der Waals surface area contributed by atoms with Gasteiger partial charge in [-0.1, -0.05) is 29.8 Å². The number of hydrogen-bond acceptors (Lipinski definition) is 5. The molecule has 3 aromatic rings. The van der Waals surface area contributed by atoms with Crippen LogP contribution in [-0.2, 0) is 4.79 Å². The molecule has 0 bridgehead atoms. The minimum Gasteiger partial charge on any atom is -0.367 e. The van der Waals surface area contributed by atoms with Crippen molar-refractivity contribution in [3.05, 3.63) is 70.0 Å². The lowest BCUT2D eigenvalue weighted by Gasteiger charge is -2.07. The normalized spacial score (nSPS) is 11.0. The summed E-state index contributed by atoms with van der Waals surface area (Å²) in [7, 11) is 0. The van der Waals surface area contributed by atoms with E-state index in [9.17, 15) is 4.79 Å². The van der Waals surface area contributed by atoms with Gasteiger partial charge in [0.2, 0.25) is 5.91 Å². The first-order valence-corrected chi connectivity index (χ1v) is 9.64. The van der Waals surface area contributed by atoms with E-state index in [1.165, 1.54) is 6.08 Å². The van der Waals surface area contributed by atoms with Crippen LogP contribution in [0.5, 0.6) is 0 Å². The average Bonchev–Trinajstić information content (AvgIpc) is 2.98. The van der Waals surface area contributed by atoms with Gasteiger partial charge in [-0.25, -0.2) is 4.68 Å². The quantitative estimate of drug-likeness (QED) is 0.460. The van der Waals surface area contributed by atoms with Crippen LogP contribution < -0.4 is 10.6 Å². The van der Waals surface area contributed by atoms with Crippen molar-refractivity contribution in [1.29, 1.82) is 0 Å². The molecule has 8 heteroatoms. The van der Waals surface area contributed by atoms with Crippen LogP contribution in [0.15, 0.2) is 42.5 Å². The van der Waals surface area contributed by atoms with Crippen molar-refractivity contribution in [3.8, 4) is 5.82 Å². The molecule has 3 rings (SSSR count). The van der Waals surface area contributed by atoms with E-state index in [2.05, 4.69) is 25.9 Å². The SMILES string of the molecule is Cc1nn(-c2ccc(NCCNC(=O)/C=C/c3ccccc3Cl)nn2)c(C)c1C. The number of nitrogens with zero attached hydrogens (tertiary/aromatic N) is 4. The number of benzene rings is 1. The molecule has 0 spiro atoms. The van der Waals surface area contributed by atoms with Crippen LogP contribution in [-0.4, -0.2) is 39.0 Å². The Bertz CT molecular complexity index is 1030. The molecule has 1 aromatic carbocycles. The number of carbonyl (C=O) groups excluding carboxylic acids is 1. The van der Waals surface area contributed by atoms with E-state index in [4.69, 9.17) is 11.6 Å². The number of aromatic nitrogens is 4. The average molecular weight is 411 g/mol. The molecule has 2 heterocycles. The number of nitrogens with one attached hydrogen (secondary N) is 2. The van der Waals surface area contributed by atoms with Gasteiger partial charge in [-0.3, -0.25) is 4.79 Å². The number of halogens is 1. The van der Waals surface area contributed by atoms with E-state index < -0.39 is 0 Å². The smallest absolute Gasteiger partial charge is 0.244 e. The number of amides is 1. The summed E-state index contributed by atoms with van der Waals surface area (Å²) in [6, 6.07) is 11.1. The Morgan fingerprint density at radius 1 is 1.10 bits per heavy atom. The molecule has 0 saturated heterocycles. The van der Waals surface area contributed by atoms with Gasteiger partial charge in [0.15, 0.2) is 5.82 Å². The Labute approximate surface area is 174 Å². The number of hydrogen-bond donors (Lipinski definition) is 2. The lowest BCUT2D eigenvalue weighted by atomic mass is 10.2. The van der Waals surface area contributed by atoms with Gasteiger partial charge < -0.3 is 10.6 Å². The van der Waals surface area contributed by atoms with Crippen molar-refractivity contribution < 1.29 is 4.79 Å². The second kappa shape index (κ2) is 9.34. The molecular formula is C21H23ClN6O. The van der Waals surface area contributed by atoms with E-state index in [1.54, 1.807) is 16.8 Å². The number of aryl methyl sites for hydroxylation is 1. The Kier molecular flexibility index (Phi) is 6.61. The third-order valence-electron chi connectivity index (χ3n) is 4.57. The van der Waals surface area contributed by atoms with E-state index in [0.29, 0.717) is 29.7 Å². The maximum atomic E-state index is 11.9. The van der Waals surface area contributed by atoms with Gasteiger partial charge in [0, 0.05) is 29.9 Å². The molecule has 0 aliphatic heterocycles. The Morgan fingerprint density at radius 3 is 2.55 bits per heavy atom. The molecule has 2 aromatic heterocycles. The fourth-order valence-electron chi connectivity index (χ4n) is 2.69. The number of carbonyl (C=O) groups is 1. The number of anilines is 1. The maximum Gasteiger partial charge on any atom is 0.244 e. The summed E-state index contributed by atoms with van der Waals surface area (Å²) in [5, 5.41) is 19.4. The lowest BCUT2D eigenvalue weighted by Crippen LogP contribution is -2.27. The summed E-state index contributed by atoms with van der Waals surface area (Å²) >= 11 is 6.06. The number of rotatable bonds is 7. The highest BCUT2D eigenvalue weighted by Gasteiger charge is 2.10. The molecule has 0 unspecified atom stereocenters. The zero-order valence-corrected chi connectivity index (χ0v) is 17.4. The molecule has 150 valence electrons. The van der Waals surface area contributed by atoms with Crippen molar-refractivity contribution in [2.45, 2.75) is 20.8 Å². The monoisotopic (exact) mass is 410 g/mol. The Balaban J connectivity index is 1.46. The summed E-state index contributed by atoms with van der Waals surface area (Å²) in [6.07, 6.45) is 3.15. The van der Waals surface area contributed by atoms with Crippen molar-refractivity contribution >= 4 is 29.4 Å². The predicted octanol–water partition coefficient (Wildman–Crippen LogP) is 3.48. The standard InChI is InChI=1S/C21H23ClN6O/c1-14-15(2)27-28(16(14)3)20-10-9-19(25-26-20)23-12-13-24-21(29)11-8-17-6-4-5-7-18(17)22/h4-11H,12-13H2,1-3H3,(H,23,25)(H,24,29)/b11-8+. The zero-order chi connectivity index (χ0) is 20.8. The lowest BCUT2D eigenvalue weighted by molar-refractivity contribution is -0.116. The largest absolute Gasteiger partial charge is 0.367 e. The molecular weight excluding hydrogens is 388 g/mol. The van der Waals surface area contributed by atoms with E-state index in [0.717, 1.165) is 22.5 Å². The van der Waals surface area contributed by atoms with Crippen LogP contribution in [0.2, 0.25) is 5.02 Å². The van der Waals surface area contributed by atoms with Crippen molar-refractivity contribution in [3.63, 3.8) is 0 Å². The first-order chi connectivity index (χ1) is 14.0. The van der Waals surface area contributed by atoms with E-state index in [1.807, 2.05) is 51.1 Å². The van der Waals surface area contributed by atoms with E-state index >= 15 is 0 Å². The van der Waals surface area contributed by atoms with Gasteiger partial charge in [0.1, 0.15) is 5.82 Å². The molecule has 0 radical (unpaired) electrons. The van der Waals surface area contributed by atoms with Gasteiger partial charge in [-0.05, 0) is 56.2 Å². The summed E-state index contributed by atoms with van der Waals surface area (Å²) < 4.78 is 1.78. The van der Waals surface area contributed by atoms with Crippen LogP contribution >= 0.6 is 11.6 Å². The molecule has 0 atom stereocenters. The highest BCUT2D eigenvalue weighted by molar-refractivity contribution is 6.32. The predicted molar refractivity (Wildman–Crippen MR) is 115 cm³/mol. The molecule has 0 saturated carbocycles. The topological polar surface area (TPSA) is 84.7 Å². The van der Waals surface area contributed by atoms with Crippen LogP contribution in [0.1, 0.15) is 22.5 Å². The van der Waals surface area contributed by atoms with Gasteiger partial charge in [-0.15, -0.1) is 10.2 Å². The maximum absolute atomic E-state index is 11.9. The highest BCUT2D eigenvalue weighted by atomic mass is 35.5. The fraction of sp³-hybridized carbons (Fsp3) is 0.238. The van der Waals surface area contributed by atoms with Crippen molar-refractivity contribution in [1.82, 2.24) is 25.3 Å². The molecule has 2 N–H and O–H groups in total. The summed E-state index contributed by atoms with van der Waals surface area (Å²) in [6.45, 7) is 6.99. The first kappa shape index (κ1) is 20.5. The Morgan fingerprint density at radius 2 is 1.90 bits per heavy atom. The van der Waals surface area contributed by atoms with Gasteiger partial charge in [-0.2, -0.15) is 5.10 Å². The van der Waals surface area contributed by atoms with Crippen LogP contribution in [0, 0.1) is 20.8 Å². The van der Waals surface area contributed by atoms with Crippen molar-refractivity contribution in [2.24, 2.45) is 0 Å². The third kappa shape index (κ3) is 5.20. The second-order valence-corrected chi connectivity index (χ2v) is 6.96. The van der Waals surface area contributed by atoms with Crippen LogP contribution in [0.4, 0.5) is 5.82 Å². The minimum absolute atomic E-state index is 0.187. The zero-order valence-electron chi connectivity index (χ0n) is 16.6. The molecule has 29 heavy (non-hydrogen) atoms. The molecule has 0 aliphatic rings. The summed E-state index contributed by atoms with van der Waals surface area (Å²) in [4.78, 5) is 11.9. The van der Waals surface area contributed by atoms with Gasteiger partial charge in [0.05, 0.1) is 5.69 Å². The van der Waals surface area contributed by atoms with Crippen molar-refractivity contribution in [2.75, 3.05) is 18.4 Å². The minimum atomic E-state index is -0.187. The molecule has 1 amide bonds. The summed E-state index contributed by atoms with van der Waals surface area (Å²) in [5.41, 5.74) is 3.97. The second-order valence-electron chi connectivity index (χ2n) is 6.56. The fourth-order valence-corrected chi connectivity index (χ4v) is 2.89. The molecule has 0 aliphatic carbocycles. The Hall–Kier alpha value is -3.19. The third-order valence-corrected chi connectivity index (χ3v) is 4.91.